The van der Waals surface area contributed by atoms with Crippen LogP contribution >= 0.6 is 7.92 Å². The van der Waals surface area contributed by atoms with Gasteiger partial charge in [-0.1, -0.05) is 20.1 Å². The lowest BCUT2D eigenvalue weighted by Crippen LogP contribution is -1.98. The van der Waals surface area contributed by atoms with E-state index in [1.807, 2.05) is 12.1 Å². The van der Waals surface area contributed by atoms with Gasteiger partial charge in [-0.05, 0) is 30.8 Å². The standard InChI is InChI=1S/C9H13OP/c1-10-8-5-4-6-9(7-8)11(2)3/h4-7H,1-3H3. The summed E-state index contributed by atoms with van der Waals surface area (Å²) in [6.45, 7) is 4.48. The van der Waals surface area contributed by atoms with Gasteiger partial charge in [0.2, 0.25) is 0 Å². The molecular weight excluding hydrogens is 155 g/mol. The molecule has 1 nitrogen and oxygen atoms in total. The monoisotopic (exact) mass is 168 g/mol. The number of methoxy groups -OCH3 is 1. The molecule has 0 heterocycles. The smallest absolute Gasteiger partial charge is 0.119 e. The Morgan fingerprint density at radius 2 is 2.00 bits per heavy atom. The van der Waals surface area contributed by atoms with Crippen molar-refractivity contribution in [3.05, 3.63) is 24.3 Å². The van der Waals surface area contributed by atoms with E-state index in [0.717, 1.165) is 5.75 Å². The van der Waals surface area contributed by atoms with Crippen molar-refractivity contribution in [3.8, 4) is 5.75 Å². The Labute approximate surface area is 69.1 Å². The van der Waals surface area contributed by atoms with E-state index in [4.69, 9.17) is 4.74 Å². The summed E-state index contributed by atoms with van der Waals surface area (Å²) in [7, 11) is 1.70. The predicted molar refractivity (Wildman–Crippen MR) is 51.4 cm³/mol. The number of benzene rings is 1. The molecule has 0 unspecified atom stereocenters. The summed E-state index contributed by atoms with van der Waals surface area (Å²) < 4.78 is 5.12. The molecule has 11 heavy (non-hydrogen) atoms. The minimum absolute atomic E-state index is 0.00250. The molecule has 0 radical (unpaired) electrons. The maximum atomic E-state index is 5.12. The number of ether oxygens (including phenoxy) is 1. The van der Waals surface area contributed by atoms with Gasteiger partial charge in [-0.25, -0.2) is 0 Å². The van der Waals surface area contributed by atoms with Crippen LogP contribution in [0.25, 0.3) is 0 Å². The lowest BCUT2D eigenvalue weighted by molar-refractivity contribution is 0.415. The molecule has 0 aliphatic carbocycles. The lowest BCUT2D eigenvalue weighted by atomic mass is 10.3. The molecular formula is C9H13OP. The van der Waals surface area contributed by atoms with Crippen molar-refractivity contribution in [2.24, 2.45) is 0 Å². The van der Waals surface area contributed by atoms with Crippen LogP contribution in [0.2, 0.25) is 0 Å². The molecule has 0 aliphatic rings. The maximum absolute atomic E-state index is 5.12. The van der Waals surface area contributed by atoms with Gasteiger partial charge < -0.3 is 4.74 Å². The Kier molecular flexibility index (Phi) is 2.90. The Hall–Kier alpha value is -0.550. The molecule has 0 amide bonds. The SMILES string of the molecule is COc1cccc(P(C)C)c1. The molecule has 1 aromatic rings. The lowest BCUT2D eigenvalue weighted by Gasteiger charge is -2.06. The van der Waals surface area contributed by atoms with Gasteiger partial charge in [0.05, 0.1) is 7.11 Å². The van der Waals surface area contributed by atoms with E-state index in [0.29, 0.717) is 0 Å². The van der Waals surface area contributed by atoms with Crippen molar-refractivity contribution in [1.82, 2.24) is 0 Å². The van der Waals surface area contributed by atoms with Crippen molar-refractivity contribution in [2.45, 2.75) is 0 Å². The van der Waals surface area contributed by atoms with Gasteiger partial charge in [0.1, 0.15) is 5.75 Å². The summed E-state index contributed by atoms with van der Waals surface area (Å²) in [5.74, 6) is 0.957. The third kappa shape index (κ3) is 2.20. The predicted octanol–water partition coefficient (Wildman–Crippen LogP) is 2.06. The van der Waals surface area contributed by atoms with E-state index < -0.39 is 0 Å². The van der Waals surface area contributed by atoms with Crippen molar-refractivity contribution in [2.75, 3.05) is 20.4 Å². The van der Waals surface area contributed by atoms with Crippen LogP contribution in [0.4, 0.5) is 0 Å². The average Bonchev–Trinajstić information content (AvgIpc) is 2.05. The summed E-state index contributed by atoms with van der Waals surface area (Å²) in [5.41, 5.74) is 0. The van der Waals surface area contributed by atoms with Crippen molar-refractivity contribution < 1.29 is 4.74 Å². The highest BCUT2D eigenvalue weighted by Crippen LogP contribution is 2.24. The molecule has 0 N–H and O–H groups in total. The average molecular weight is 168 g/mol. The summed E-state index contributed by atoms with van der Waals surface area (Å²) in [5, 5.41) is 1.39. The van der Waals surface area contributed by atoms with Crippen LogP contribution < -0.4 is 10.0 Å². The highest BCUT2D eigenvalue weighted by molar-refractivity contribution is 7.64. The molecule has 1 rings (SSSR count). The zero-order chi connectivity index (χ0) is 8.27. The highest BCUT2D eigenvalue weighted by atomic mass is 31.1. The van der Waals surface area contributed by atoms with Gasteiger partial charge in [-0.3, -0.25) is 0 Å². The first-order valence-electron chi connectivity index (χ1n) is 3.55. The second-order valence-corrected chi connectivity index (χ2v) is 4.90. The molecule has 1 aromatic carbocycles. The number of rotatable bonds is 2. The molecule has 0 aromatic heterocycles. The minimum atomic E-state index is 0.00250. The fourth-order valence-corrected chi connectivity index (χ4v) is 1.66. The Morgan fingerprint density at radius 1 is 1.27 bits per heavy atom. The largest absolute Gasteiger partial charge is 0.497 e. The van der Waals surface area contributed by atoms with E-state index >= 15 is 0 Å². The fraction of sp³-hybridized carbons (Fsp3) is 0.333. The number of hydrogen-bond acceptors (Lipinski definition) is 1. The Morgan fingerprint density at radius 3 is 2.55 bits per heavy atom. The molecule has 0 aliphatic heterocycles. The molecule has 0 saturated carbocycles. The Bertz CT molecular complexity index is 233. The second kappa shape index (κ2) is 3.73. The normalized spacial score (nSPS) is 10.2. The van der Waals surface area contributed by atoms with Crippen LogP contribution in [0.1, 0.15) is 0 Å². The molecule has 0 bridgehead atoms. The van der Waals surface area contributed by atoms with Crippen LogP contribution in [0.3, 0.4) is 0 Å². The van der Waals surface area contributed by atoms with Crippen molar-refractivity contribution in [1.29, 1.82) is 0 Å². The minimum Gasteiger partial charge on any atom is -0.497 e. The third-order valence-corrected chi connectivity index (χ3v) is 2.88. The summed E-state index contributed by atoms with van der Waals surface area (Å²) in [6, 6.07) is 8.26. The van der Waals surface area contributed by atoms with E-state index in [1.165, 1.54) is 5.30 Å². The van der Waals surface area contributed by atoms with E-state index in [2.05, 4.69) is 25.5 Å². The van der Waals surface area contributed by atoms with E-state index in [9.17, 15) is 0 Å². The van der Waals surface area contributed by atoms with Crippen LogP contribution in [-0.2, 0) is 0 Å². The van der Waals surface area contributed by atoms with Crippen LogP contribution in [0, 0.1) is 0 Å². The first kappa shape index (κ1) is 8.55. The summed E-state index contributed by atoms with van der Waals surface area (Å²) in [6.07, 6.45) is 0. The zero-order valence-electron chi connectivity index (χ0n) is 7.16. The summed E-state index contributed by atoms with van der Waals surface area (Å²) >= 11 is 0. The number of hydrogen-bond donors (Lipinski definition) is 0. The van der Waals surface area contributed by atoms with Gasteiger partial charge in [0.25, 0.3) is 0 Å². The topological polar surface area (TPSA) is 9.23 Å². The van der Waals surface area contributed by atoms with Crippen molar-refractivity contribution in [3.63, 3.8) is 0 Å². The highest BCUT2D eigenvalue weighted by Gasteiger charge is 1.98. The maximum Gasteiger partial charge on any atom is 0.119 e. The first-order chi connectivity index (χ1) is 5.24. The van der Waals surface area contributed by atoms with Gasteiger partial charge >= 0.3 is 0 Å². The quantitative estimate of drug-likeness (QED) is 0.614. The zero-order valence-corrected chi connectivity index (χ0v) is 8.06. The van der Waals surface area contributed by atoms with Crippen LogP contribution in [-0.4, -0.2) is 20.4 Å². The second-order valence-electron chi connectivity index (χ2n) is 2.60. The fourth-order valence-electron chi connectivity index (χ4n) is 0.889. The van der Waals surface area contributed by atoms with Gasteiger partial charge in [-0.2, -0.15) is 0 Å². The molecule has 0 spiro atoms. The van der Waals surface area contributed by atoms with Gasteiger partial charge in [0.15, 0.2) is 0 Å². The molecule has 60 valence electrons. The molecule has 2 heteroatoms. The molecule has 0 atom stereocenters. The van der Waals surface area contributed by atoms with E-state index in [1.54, 1.807) is 7.11 Å². The van der Waals surface area contributed by atoms with Crippen LogP contribution in [0.5, 0.6) is 5.75 Å². The van der Waals surface area contributed by atoms with Crippen molar-refractivity contribution >= 4 is 13.2 Å². The Balaban J connectivity index is 2.91. The van der Waals surface area contributed by atoms with Crippen LogP contribution in [0.15, 0.2) is 24.3 Å². The molecule has 0 fully saturated rings. The molecule has 0 saturated heterocycles. The third-order valence-electron chi connectivity index (χ3n) is 1.57. The van der Waals surface area contributed by atoms with E-state index in [-0.39, 0.29) is 7.92 Å². The first-order valence-corrected chi connectivity index (χ1v) is 5.79. The van der Waals surface area contributed by atoms with Gasteiger partial charge in [0, 0.05) is 0 Å². The summed E-state index contributed by atoms with van der Waals surface area (Å²) in [4.78, 5) is 0. The van der Waals surface area contributed by atoms with Gasteiger partial charge in [-0.15, -0.1) is 0 Å².